The lowest BCUT2D eigenvalue weighted by molar-refractivity contribution is 0.0690. The fourth-order valence-corrected chi connectivity index (χ4v) is 1.33. The van der Waals surface area contributed by atoms with Crippen LogP contribution < -0.4 is 0 Å². The first-order valence-corrected chi connectivity index (χ1v) is 4.66. The number of carboxylic acids is 1. The summed E-state index contributed by atoms with van der Waals surface area (Å²) in [6, 6.07) is 3.12. The van der Waals surface area contributed by atoms with Crippen LogP contribution >= 0.6 is 0 Å². The molecule has 0 aliphatic heterocycles. The molecular weight excluding hydrogens is 206 g/mol. The van der Waals surface area contributed by atoms with Gasteiger partial charge < -0.3 is 5.11 Å². The minimum absolute atomic E-state index is 0.0128. The highest BCUT2D eigenvalue weighted by molar-refractivity contribution is 5.85. The second-order valence-electron chi connectivity index (χ2n) is 3.26. The maximum Gasteiger partial charge on any atom is 0.354 e. The molecule has 0 atom stereocenters. The Balaban J connectivity index is 2.53. The average molecular weight is 215 g/mol. The molecule has 0 saturated carbocycles. The van der Waals surface area contributed by atoms with E-state index in [2.05, 4.69) is 15.0 Å². The SMILES string of the molecule is Cc1cnccc1-c1nccc(C(=O)O)n1. The van der Waals surface area contributed by atoms with Gasteiger partial charge in [-0.2, -0.15) is 0 Å². The first-order chi connectivity index (χ1) is 7.68. The largest absolute Gasteiger partial charge is 0.477 e. The first-order valence-electron chi connectivity index (χ1n) is 4.66. The van der Waals surface area contributed by atoms with Crippen molar-refractivity contribution in [1.29, 1.82) is 0 Å². The van der Waals surface area contributed by atoms with Crippen molar-refractivity contribution in [1.82, 2.24) is 15.0 Å². The Bertz CT molecular complexity index is 540. The number of aromatic nitrogens is 3. The van der Waals surface area contributed by atoms with Gasteiger partial charge >= 0.3 is 5.97 Å². The van der Waals surface area contributed by atoms with Gasteiger partial charge in [0.05, 0.1) is 0 Å². The van der Waals surface area contributed by atoms with Crippen LogP contribution in [0.1, 0.15) is 16.1 Å². The quantitative estimate of drug-likeness (QED) is 0.822. The zero-order chi connectivity index (χ0) is 11.5. The fraction of sp³-hybridized carbons (Fsp3) is 0.0909. The molecule has 0 aliphatic rings. The van der Waals surface area contributed by atoms with Gasteiger partial charge in [0, 0.05) is 24.2 Å². The van der Waals surface area contributed by atoms with E-state index in [0.717, 1.165) is 11.1 Å². The summed E-state index contributed by atoms with van der Waals surface area (Å²) in [4.78, 5) is 22.7. The number of carboxylic acid groups (broad SMARTS) is 1. The molecule has 0 amide bonds. The molecular formula is C11H9N3O2. The molecule has 0 spiro atoms. The van der Waals surface area contributed by atoms with Crippen LogP contribution in [0.25, 0.3) is 11.4 Å². The number of carbonyl (C=O) groups is 1. The van der Waals surface area contributed by atoms with Gasteiger partial charge in [-0.25, -0.2) is 14.8 Å². The molecule has 2 aromatic rings. The molecule has 5 heteroatoms. The average Bonchev–Trinajstić information content (AvgIpc) is 2.30. The lowest BCUT2D eigenvalue weighted by Gasteiger charge is -2.03. The molecule has 2 heterocycles. The summed E-state index contributed by atoms with van der Waals surface area (Å²) in [5.74, 6) is -0.657. The summed E-state index contributed by atoms with van der Waals surface area (Å²) in [6.07, 6.45) is 4.75. The normalized spacial score (nSPS) is 10.1. The number of hydrogen-bond acceptors (Lipinski definition) is 4. The summed E-state index contributed by atoms with van der Waals surface area (Å²) < 4.78 is 0. The smallest absolute Gasteiger partial charge is 0.354 e. The highest BCUT2D eigenvalue weighted by Crippen LogP contribution is 2.17. The summed E-state index contributed by atoms with van der Waals surface area (Å²) in [6.45, 7) is 1.87. The number of aryl methyl sites for hydroxylation is 1. The van der Waals surface area contributed by atoms with Crippen molar-refractivity contribution in [3.05, 3.63) is 42.0 Å². The van der Waals surface area contributed by atoms with Crippen LogP contribution in [0.2, 0.25) is 0 Å². The molecule has 5 nitrogen and oxygen atoms in total. The Labute approximate surface area is 91.8 Å². The number of pyridine rings is 1. The number of rotatable bonds is 2. The van der Waals surface area contributed by atoms with E-state index in [4.69, 9.17) is 5.11 Å². The van der Waals surface area contributed by atoms with Crippen LogP contribution in [0.5, 0.6) is 0 Å². The van der Waals surface area contributed by atoms with Crippen molar-refractivity contribution < 1.29 is 9.90 Å². The van der Waals surface area contributed by atoms with Gasteiger partial charge in [0.1, 0.15) is 0 Å². The van der Waals surface area contributed by atoms with Crippen LogP contribution in [0.3, 0.4) is 0 Å². The molecule has 2 aromatic heterocycles. The maximum atomic E-state index is 10.8. The molecule has 0 radical (unpaired) electrons. The van der Waals surface area contributed by atoms with Gasteiger partial charge in [-0.15, -0.1) is 0 Å². The molecule has 2 rings (SSSR count). The van der Waals surface area contributed by atoms with Crippen LogP contribution in [0, 0.1) is 6.92 Å². The van der Waals surface area contributed by atoms with E-state index in [-0.39, 0.29) is 5.69 Å². The van der Waals surface area contributed by atoms with Gasteiger partial charge in [-0.1, -0.05) is 0 Å². The van der Waals surface area contributed by atoms with Crippen molar-refractivity contribution >= 4 is 5.97 Å². The highest BCUT2D eigenvalue weighted by Gasteiger charge is 2.09. The van der Waals surface area contributed by atoms with E-state index in [1.165, 1.54) is 12.3 Å². The van der Waals surface area contributed by atoms with Gasteiger partial charge in [0.15, 0.2) is 11.5 Å². The van der Waals surface area contributed by atoms with E-state index >= 15 is 0 Å². The fourth-order valence-electron chi connectivity index (χ4n) is 1.33. The third-order valence-corrected chi connectivity index (χ3v) is 2.14. The van der Waals surface area contributed by atoms with Crippen LogP contribution in [0.4, 0.5) is 0 Å². The predicted octanol–water partition coefficient (Wildman–Crippen LogP) is 1.55. The van der Waals surface area contributed by atoms with E-state index < -0.39 is 5.97 Å². The van der Waals surface area contributed by atoms with Crippen LogP contribution in [-0.2, 0) is 0 Å². The van der Waals surface area contributed by atoms with Gasteiger partial charge in [-0.05, 0) is 24.6 Å². The third-order valence-electron chi connectivity index (χ3n) is 2.14. The van der Waals surface area contributed by atoms with Crippen LogP contribution in [0.15, 0.2) is 30.7 Å². The summed E-state index contributed by atoms with van der Waals surface area (Å²) in [5, 5.41) is 8.82. The van der Waals surface area contributed by atoms with Gasteiger partial charge in [0.2, 0.25) is 0 Å². The molecule has 0 fully saturated rings. The summed E-state index contributed by atoms with van der Waals surface area (Å²) >= 11 is 0. The third kappa shape index (κ3) is 1.88. The van der Waals surface area contributed by atoms with Gasteiger partial charge in [-0.3, -0.25) is 4.98 Å². The Morgan fingerprint density at radius 2 is 2.12 bits per heavy atom. The Morgan fingerprint density at radius 3 is 2.81 bits per heavy atom. The lowest BCUT2D eigenvalue weighted by Crippen LogP contribution is -2.02. The van der Waals surface area contributed by atoms with Crippen molar-refractivity contribution in [3.63, 3.8) is 0 Å². The second kappa shape index (κ2) is 4.06. The molecule has 1 N–H and O–H groups in total. The highest BCUT2D eigenvalue weighted by atomic mass is 16.4. The standard InChI is InChI=1S/C11H9N3O2/c1-7-6-12-4-2-8(7)10-13-5-3-9(14-10)11(15)16/h2-6H,1H3,(H,15,16). The van der Waals surface area contributed by atoms with E-state index in [1.807, 2.05) is 6.92 Å². The van der Waals surface area contributed by atoms with Crippen molar-refractivity contribution in [3.8, 4) is 11.4 Å². The van der Waals surface area contributed by atoms with Crippen LogP contribution in [-0.4, -0.2) is 26.0 Å². The molecule has 16 heavy (non-hydrogen) atoms. The maximum absolute atomic E-state index is 10.8. The molecule has 0 saturated heterocycles. The number of nitrogens with zero attached hydrogens (tertiary/aromatic N) is 3. The van der Waals surface area contributed by atoms with E-state index in [9.17, 15) is 4.79 Å². The molecule has 0 bridgehead atoms. The zero-order valence-electron chi connectivity index (χ0n) is 8.58. The van der Waals surface area contributed by atoms with E-state index in [1.54, 1.807) is 18.5 Å². The van der Waals surface area contributed by atoms with E-state index in [0.29, 0.717) is 5.82 Å². The molecule has 0 aliphatic carbocycles. The van der Waals surface area contributed by atoms with Crippen molar-refractivity contribution in [2.45, 2.75) is 6.92 Å². The molecule has 0 unspecified atom stereocenters. The monoisotopic (exact) mass is 215 g/mol. The molecule has 0 aromatic carbocycles. The number of aromatic carboxylic acids is 1. The van der Waals surface area contributed by atoms with Crippen molar-refractivity contribution in [2.24, 2.45) is 0 Å². The van der Waals surface area contributed by atoms with Crippen molar-refractivity contribution in [2.75, 3.05) is 0 Å². The first kappa shape index (κ1) is 10.2. The molecule has 80 valence electrons. The Morgan fingerprint density at radius 1 is 1.31 bits per heavy atom. The minimum atomic E-state index is -1.06. The summed E-state index contributed by atoms with van der Waals surface area (Å²) in [5.41, 5.74) is 1.68. The lowest BCUT2D eigenvalue weighted by atomic mass is 10.1. The topological polar surface area (TPSA) is 76.0 Å². The Hall–Kier alpha value is -2.30. The summed E-state index contributed by atoms with van der Waals surface area (Å²) in [7, 11) is 0. The minimum Gasteiger partial charge on any atom is -0.477 e. The number of hydrogen-bond donors (Lipinski definition) is 1. The van der Waals surface area contributed by atoms with Gasteiger partial charge in [0.25, 0.3) is 0 Å². The second-order valence-corrected chi connectivity index (χ2v) is 3.26. The Kier molecular flexibility index (Phi) is 2.59. The zero-order valence-corrected chi connectivity index (χ0v) is 8.58. The predicted molar refractivity (Wildman–Crippen MR) is 57.0 cm³/mol.